The highest BCUT2D eigenvalue weighted by Gasteiger charge is 2.34. The molecule has 2 atom stereocenters. The van der Waals surface area contributed by atoms with Gasteiger partial charge in [-0.15, -0.1) is 23.1 Å². The van der Waals surface area contributed by atoms with Crippen molar-refractivity contribution in [3.63, 3.8) is 0 Å². The van der Waals surface area contributed by atoms with Crippen molar-refractivity contribution in [2.45, 2.75) is 24.3 Å². The van der Waals surface area contributed by atoms with Gasteiger partial charge in [0.25, 0.3) is 0 Å². The van der Waals surface area contributed by atoms with E-state index in [4.69, 9.17) is 0 Å². The molecule has 1 N–H and O–H groups in total. The molecule has 0 aliphatic carbocycles. The number of amides is 2. The van der Waals surface area contributed by atoms with Gasteiger partial charge in [-0.3, -0.25) is 9.59 Å². The van der Waals surface area contributed by atoms with Gasteiger partial charge in [0.15, 0.2) is 0 Å². The lowest BCUT2D eigenvalue weighted by Gasteiger charge is -2.30. The number of thioether (sulfide) groups is 1. The summed E-state index contributed by atoms with van der Waals surface area (Å²) < 4.78 is 13.8. The highest BCUT2D eigenvalue weighted by molar-refractivity contribution is 8.00. The number of likely N-dealkylation sites (N-methyl/N-ethyl adjacent to an activating group) is 1. The summed E-state index contributed by atoms with van der Waals surface area (Å²) in [5.41, 5.74) is 0.523. The molecule has 0 saturated carbocycles. The quantitative estimate of drug-likeness (QED) is 0.870. The van der Waals surface area contributed by atoms with Crippen LogP contribution in [0.25, 0.3) is 0 Å². The molecule has 1 aliphatic rings. The Balaban J connectivity index is 1.56. The molecule has 2 heterocycles. The molecule has 1 fully saturated rings. The van der Waals surface area contributed by atoms with Crippen LogP contribution < -0.4 is 5.32 Å². The fraction of sp³-hybridized carbons (Fsp3) is 0.333. The maximum absolute atomic E-state index is 13.8. The standard InChI is InChI=1S/C18H19FN2O2S2/c1-21(10-13-6-4-8-24-13)18(23)15-11-25-16(17(22)20-15)9-12-5-2-3-7-14(12)19/h2-8,15-16H,9-11H2,1H3,(H,20,22)/t15-,16+/m0/s1. The van der Waals surface area contributed by atoms with Crippen molar-refractivity contribution in [3.05, 3.63) is 58.0 Å². The van der Waals surface area contributed by atoms with Crippen LogP contribution in [0.5, 0.6) is 0 Å². The highest BCUT2D eigenvalue weighted by Crippen LogP contribution is 2.24. The van der Waals surface area contributed by atoms with Crippen LogP contribution in [0.4, 0.5) is 4.39 Å². The van der Waals surface area contributed by atoms with Crippen LogP contribution >= 0.6 is 23.1 Å². The Morgan fingerprint density at radius 2 is 2.12 bits per heavy atom. The fourth-order valence-corrected chi connectivity index (χ4v) is 4.65. The summed E-state index contributed by atoms with van der Waals surface area (Å²) in [7, 11) is 1.74. The number of hydrogen-bond donors (Lipinski definition) is 1. The number of rotatable bonds is 5. The van der Waals surface area contributed by atoms with Gasteiger partial charge in [-0.05, 0) is 29.5 Å². The molecular formula is C18H19FN2O2S2. The smallest absolute Gasteiger partial charge is 0.246 e. The number of nitrogens with zero attached hydrogens (tertiary/aromatic N) is 1. The first kappa shape index (κ1) is 17.9. The summed E-state index contributed by atoms with van der Waals surface area (Å²) in [6.07, 6.45) is 0.328. The van der Waals surface area contributed by atoms with E-state index in [1.165, 1.54) is 17.8 Å². The average Bonchev–Trinajstić information content (AvgIpc) is 3.10. The van der Waals surface area contributed by atoms with Crippen molar-refractivity contribution in [2.24, 2.45) is 0 Å². The van der Waals surface area contributed by atoms with Gasteiger partial charge in [0, 0.05) is 17.7 Å². The van der Waals surface area contributed by atoms with Gasteiger partial charge in [-0.25, -0.2) is 4.39 Å². The highest BCUT2D eigenvalue weighted by atomic mass is 32.2. The molecule has 0 radical (unpaired) electrons. The first-order chi connectivity index (χ1) is 12.0. The molecule has 0 bridgehead atoms. The van der Waals surface area contributed by atoms with Crippen LogP contribution in [-0.2, 0) is 22.6 Å². The first-order valence-corrected chi connectivity index (χ1v) is 9.90. The van der Waals surface area contributed by atoms with Crippen LogP contribution in [0.15, 0.2) is 41.8 Å². The number of carbonyl (C=O) groups excluding carboxylic acids is 2. The van der Waals surface area contributed by atoms with E-state index in [2.05, 4.69) is 5.32 Å². The third-order valence-electron chi connectivity index (χ3n) is 4.08. The van der Waals surface area contributed by atoms with E-state index in [9.17, 15) is 14.0 Å². The number of nitrogens with one attached hydrogen (secondary N) is 1. The molecule has 4 nitrogen and oxygen atoms in total. The number of thiophene rings is 1. The van der Waals surface area contributed by atoms with Crippen molar-refractivity contribution >= 4 is 34.9 Å². The number of hydrogen-bond acceptors (Lipinski definition) is 4. The van der Waals surface area contributed by atoms with Crippen LogP contribution in [0.3, 0.4) is 0 Å². The van der Waals surface area contributed by atoms with Crippen LogP contribution in [0.2, 0.25) is 0 Å². The fourth-order valence-electron chi connectivity index (χ4n) is 2.72. The maximum Gasteiger partial charge on any atom is 0.246 e. The Bertz CT molecular complexity index is 751. The number of halogens is 1. The second-order valence-corrected chi connectivity index (χ2v) is 8.22. The third-order valence-corrected chi connectivity index (χ3v) is 6.25. The molecule has 2 aromatic rings. The van der Waals surface area contributed by atoms with Gasteiger partial charge in [-0.1, -0.05) is 24.3 Å². The van der Waals surface area contributed by atoms with Crippen LogP contribution in [0.1, 0.15) is 10.4 Å². The van der Waals surface area contributed by atoms with Crippen LogP contribution in [-0.4, -0.2) is 40.8 Å². The zero-order valence-electron chi connectivity index (χ0n) is 13.8. The minimum atomic E-state index is -0.528. The van der Waals surface area contributed by atoms with E-state index in [0.717, 1.165) is 4.88 Å². The second kappa shape index (κ2) is 8.01. The molecule has 1 saturated heterocycles. The van der Waals surface area contributed by atoms with Crippen molar-refractivity contribution in [1.82, 2.24) is 10.2 Å². The van der Waals surface area contributed by atoms with Crippen molar-refractivity contribution in [1.29, 1.82) is 0 Å². The summed E-state index contributed by atoms with van der Waals surface area (Å²) in [5.74, 6) is -0.107. The van der Waals surface area contributed by atoms with E-state index in [0.29, 0.717) is 24.3 Å². The second-order valence-electron chi connectivity index (χ2n) is 5.95. The molecule has 132 valence electrons. The summed E-state index contributed by atoms with van der Waals surface area (Å²) in [5, 5.41) is 4.40. The molecule has 0 unspecified atom stereocenters. The van der Waals surface area contributed by atoms with Crippen LogP contribution in [0, 0.1) is 5.82 Å². The summed E-state index contributed by atoms with van der Waals surface area (Å²) >= 11 is 3.01. The Kier molecular flexibility index (Phi) is 5.75. The van der Waals surface area contributed by atoms with Gasteiger partial charge in [0.2, 0.25) is 11.8 Å². The summed E-state index contributed by atoms with van der Waals surface area (Å²) in [6.45, 7) is 0.534. The summed E-state index contributed by atoms with van der Waals surface area (Å²) in [4.78, 5) is 27.6. The first-order valence-electron chi connectivity index (χ1n) is 7.97. The van der Waals surface area contributed by atoms with Gasteiger partial charge in [-0.2, -0.15) is 0 Å². The lowest BCUT2D eigenvalue weighted by Crippen LogP contribution is -2.54. The monoisotopic (exact) mass is 378 g/mol. The Morgan fingerprint density at radius 1 is 1.32 bits per heavy atom. The molecule has 25 heavy (non-hydrogen) atoms. The van der Waals surface area contributed by atoms with Gasteiger partial charge < -0.3 is 10.2 Å². The van der Waals surface area contributed by atoms with Crippen molar-refractivity contribution in [3.8, 4) is 0 Å². The van der Waals surface area contributed by atoms with E-state index in [-0.39, 0.29) is 22.9 Å². The Labute approximate surface area is 154 Å². The van der Waals surface area contributed by atoms with Crippen molar-refractivity contribution < 1.29 is 14.0 Å². The Hall–Kier alpha value is -1.86. The lowest BCUT2D eigenvalue weighted by molar-refractivity contribution is -0.135. The molecule has 0 spiro atoms. The zero-order chi connectivity index (χ0) is 17.8. The minimum Gasteiger partial charge on any atom is -0.343 e. The van der Waals surface area contributed by atoms with E-state index >= 15 is 0 Å². The van der Waals surface area contributed by atoms with Gasteiger partial charge in [0.05, 0.1) is 11.8 Å². The molecule has 2 amide bonds. The van der Waals surface area contributed by atoms with E-state index in [1.54, 1.807) is 41.5 Å². The SMILES string of the molecule is CN(Cc1cccs1)C(=O)[C@@H]1CS[C@H](Cc2ccccc2F)C(=O)N1. The van der Waals surface area contributed by atoms with Gasteiger partial charge >= 0.3 is 0 Å². The third kappa shape index (κ3) is 4.41. The lowest BCUT2D eigenvalue weighted by atomic mass is 10.1. The Morgan fingerprint density at radius 3 is 2.80 bits per heavy atom. The molecule has 1 aromatic heterocycles. The van der Waals surface area contributed by atoms with E-state index < -0.39 is 6.04 Å². The predicted octanol–water partition coefficient (Wildman–Crippen LogP) is 2.69. The molecule has 1 aromatic carbocycles. The zero-order valence-corrected chi connectivity index (χ0v) is 15.4. The summed E-state index contributed by atoms with van der Waals surface area (Å²) in [6, 6.07) is 9.87. The van der Waals surface area contributed by atoms with Crippen molar-refractivity contribution in [2.75, 3.05) is 12.8 Å². The minimum absolute atomic E-state index is 0.0985. The largest absolute Gasteiger partial charge is 0.343 e. The maximum atomic E-state index is 13.8. The molecule has 7 heteroatoms. The predicted molar refractivity (Wildman–Crippen MR) is 99.1 cm³/mol. The topological polar surface area (TPSA) is 49.4 Å². The normalized spacial score (nSPS) is 20.2. The molecule has 1 aliphatic heterocycles. The molecule has 3 rings (SSSR count). The number of benzene rings is 1. The van der Waals surface area contributed by atoms with Gasteiger partial charge in [0.1, 0.15) is 11.9 Å². The average molecular weight is 378 g/mol. The molecular weight excluding hydrogens is 359 g/mol. The number of carbonyl (C=O) groups is 2. The van der Waals surface area contributed by atoms with E-state index in [1.807, 2.05) is 17.5 Å².